The van der Waals surface area contributed by atoms with Crippen LogP contribution in [0.2, 0.25) is 0 Å². The zero-order valence-electron chi connectivity index (χ0n) is 17.4. The molecule has 1 unspecified atom stereocenters. The van der Waals surface area contributed by atoms with Gasteiger partial charge in [0.15, 0.2) is 17.3 Å². The fourth-order valence-corrected chi connectivity index (χ4v) is 3.09. The highest BCUT2D eigenvalue weighted by molar-refractivity contribution is 5.91. The van der Waals surface area contributed by atoms with E-state index >= 15 is 0 Å². The molecule has 0 saturated carbocycles. The van der Waals surface area contributed by atoms with Gasteiger partial charge in [-0.1, -0.05) is 6.07 Å². The van der Waals surface area contributed by atoms with Crippen LogP contribution >= 0.6 is 0 Å². The van der Waals surface area contributed by atoms with E-state index in [1.807, 2.05) is 0 Å². The number of hydrogen-bond acceptors (Lipinski definition) is 4. The number of aromatic nitrogens is 4. The van der Waals surface area contributed by atoms with E-state index in [-0.39, 0.29) is 11.1 Å². The molecule has 16 heteroatoms. The number of carbonyl (C=O) groups is 1. The van der Waals surface area contributed by atoms with Crippen LogP contribution < -0.4 is 4.74 Å². The van der Waals surface area contributed by atoms with Crippen LogP contribution in [0.3, 0.4) is 0 Å². The summed E-state index contributed by atoms with van der Waals surface area (Å²) in [7, 11) is 0.947. The van der Waals surface area contributed by atoms with E-state index < -0.39 is 59.0 Å². The van der Waals surface area contributed by atoms with Gasteiger partial charge in [0.2, 0.25) is 6.36 Å². The van der Waals surface area contributed by atoms with Crippen molar-refractivity contribution in [2.45, 2.75) is 31.6 Å². The Kier molecular flexibility index (Phi) is 6.29. The summed E-state index contributed by atoms with van der Waals surface area (Å²) in [6.45, 7) is 0.719. The predicted molar refractivity (Wildman–Crippen MR) is 98.9 cm³/mol. The van der Waals surface area contributed by atoms with Crippen LogP contribution in [0.1, 0.15) is 28.5 Å². The molecule has 7 nitrogen and oxygen atoms in total. The second-order valence-electron chi connectivity index (χ2n) is 7.09. The monoisotopic (exact) mass is 516 g/mol. The molecule has 3 rings (SSSR count). The summed E-state index contributed by atoms with van der Waals surface area (Å²) in [5.74, 6) is -9.36. The molecule has 0 amide bonds. The molecule has 0 aliphatic carbocycles. The molecule has 0 aliphatic rings. The minimum Gasteiger partial charge on any atom is -0.478 e. The number of halogens is 9. The minimum atomic E-state index is -6.10. The SMILES string of the molecule is CC(F)Oc1c(C(F)(F)C(F)(F)F)nn(C)c1-n1cc(-c2ccc(C(F)(F)F)c(C(=O)O)c2)cn1. The Bertz CT molecular complexity index is 1260. The summed E-state index contributed by atoms with van der Waals surface area (Å²) in [5, 5.41) is 16.0. The Balaban J connectivity index is 2.15. The molecule has 0 aliphatic heterocycles. The van der Waals surface area contributed by atoms with Gasteiger partial charge in [0, 0.05) is 25.7 Å². The Morgan fingerprint density at radius 2 is 1.71 bits per heavy atom. The highest BCUT2D eigenvalue weighted by atomic mass is 19.4. The lowest BCUT2D eigenvalue weighted by molar-refractivity contribution is -0.291. The van der Waals surface area contributed by atoms with E-state index in [0.29, 0.717) is 21.5 Å². The fraction of sp³-hybridized carbons (Fsp3) is 0.316. The fourth-order valence-electron chi connectivity index (χ4n) is 3.09. The largest absolute Gasteiger partial charge is 0.478 e. The first-order chi connectivity index (χ1) is 15.9. The number of aromatic carboxylic acids is 1. The number of hydrogen-bond donors (Lipinski definition) is 1. The number of rotatable bonds is 6. The Labute approximate surface area is 189 Å². The van der Waals surface area contributed by atoms with Gasteiger partial charge in [0.25, 0.3) is 0 Å². The second-order valence-corrected chi connectivity index (χ2v) is 7.09. The molecule has 3 aromatic rings. The van der Waals surface area contributed by atoms with Crippen molar-refractivity contribution in [3.05, 3.63) is 47.4 Å². The van der Waals surface area contributed by atoms with Crippen molar-refractivity contribution < 1.29 is 54.2 Å². The molecular weight excluding hydrogens is 503 g/mol. The normalized spacial score (nSPS) is 13.7. The molecule has 1 N–H and O–H groups in total. The van der Waals surface area contributed by atoms with E-state index in [9.17, 15) is 44.3 Å². The molecular formula is C19H13F9N4O3. The van der Waals surface area contributed by atoms with Crippen molar-refractivity contribution in [1.82, 2.24) is 19.6 Å². The molecule has 1 aromatic carbocycles. The van der Waals surface area contributed by atoms with E-state index in [1.165, 1.54) is 0 Å². The quantitative estimate of drug-likeness (QED) is 0.448. The molecule has 2 heterocycles. The lowest BCUT2D eigenvalue weighted by Crippen LogP contribution is -2.34. The third kappa shape index (κ3) is 4.77. The van der Waals surface area contributed by atoms with Gasteiger partial charge in [-0.05, 0) is 17.7 Å². The number of alkyl halides is 9. The summed E-state index contributed by atoms with van der Waals surface area (Å²) in [6.07, 6.45) is -11.5. The van der Waals surface area contributed by atoms with Crippen molar-refractivity contribution >= 4 is 5.97 Å². The van der Waals surface area contributed by atoms with Gasteiger partial charge in [0.1, 0.15) is 0 Å². The average Bonchev–Trinajstić information content (AvgIpc) is 3.30. The number of nitrogens with zero attached hydrogens (tertiary/aromatic N) is 4. The molecule has 2 aromatic heterocycles. The van der Waals surface area contributed by atoms with Crippen molar-refractivity contribution in [3.63, 3.8) is 0 Å². The van der Waals surface area contributed by atoms with Gasteiger partial charge in [-0.15, -0.1) is 0 Å². The zero-order valence-corrected chi connectivity index (χ0v) is 17.4. The van der Waals surface area contributed by atoms with Crippen LogP contribution in [0.15, 0.2) is 30.6 Å². The Morgan fingerprint density at radius 1 is 1.09 bits per heavy atom. The van der Waals surface area contributed by atoms with E-state index in [4.69, 9.17) is 5.11 Å². The number of benzene rings is 1. The van der Waals surface area contributed by atoms with Crippen LogP contribution in [0, 0.1) is 0 Å². The van der Waals surface area contributed by atoms with E-state index in [0.717, 1.165) is 32.4 Å². The van der Waals surface area contributed by atoms with Crippen LogP contribution in [-0.4, -0.2) is 43.2 Å². The first-order valence-electron chi connectivity index (χ1n) is 9.27. The second kappa shape index (κ2) is 8.49. The summed E-state index contributed by atoms with van der Waals surface area (Å²) < 4.78 is 125. The number of aryl methyl sites for hydroxylation is 1. The van der Waals surface area contributed by atoms with Gasteiger partial charge in [-0.2, -0.15) is 45.3 Å². The first-order valence-corrected chi connectivity index (χ1v) is 9.27. The molecule has 0 spiro atoms. The molecule has 190 valence electrons. The summed E-state index contributed by atoms with van der Waals surface area (Å²) in [5.41, 5.74) is -4.62. The lowest BCUT2D eigenvalue weighted by Gasteiger charge is -2.19. The smallest absolute Gasteiger partial charge is 0.459 e. The summed E-state index contributed by atoms with van der Waals surface area (Å²) in [4.78, 5) is 11.3. The van der Waals surface area contributed by atoms with E-state index in [1.54, 1.807) is 0 Å². The van der Waals surface area contributed by atoms with Gasteiger partial charge in [0.05, 0.1) is 17.3 Å². The topological polar surface area (TPSA) is 82.2 Å². The molecule has 0 saturated heterocycles. The summed E-state index contributed by atoms with van der Waals surface area (Å²) >= 11 is 0. The van der Waals surface area contributed by atoms with Gasteiger partial charge in [-0.3, -0.25) is 0 Å². The van der Waals surface area contributed by atoms with Crippen LogP contribution in [0.25, 0.3) is 16.9 Å². The Hall–Kier alpha value is -3.72. The van der Waals surface area contributed by atoms with Crippen LogP contribution in [0.4, 0.5) is 39.5 Å². The van der Waals surface area contributed by atoms with Crippen LogP contribution in [-0.2, 0) is 19.1 Å². The summed E-state index contributed by atoms with van der Waals surface area (Å²) in [6, 6.07) is 2.09. The molecule has 35 heavy (non-hydrogen) atoms. The van der Waals surface area contributed by atoms with Crippen molar-refractivity contribution in [2.75, 3.05) is 0 Å². The maximum Gasteiger partial charge on any atom is 0.459 e. The third-order valence-electron chi connectivity index (χ3n) is 4.60. The predicted octanol–water partition coefficient (Wildman–Crippen LogP) is 5.34. The Morgan fingerprint density at radius 3 is 2.23 bits per heavy atom. The highest BCUT2D eigenvalue weighted by Crippen LogP contribution is 2.48. The maximum atomic E-state index is 14.0. The molecule has 0 fully saturated rings. The van der Waals surface area contributed by atoms with Crippen molar-refractivity contribution in [3.8, 4) is 22.7 Å². The standard InChI is InChI=1S/C19H13F9N4O3/c1-8(20)35-13-14(17(21,22)19(26,27)28)30-31(2)15(13)32-7-10(6-29-32)9-3-4-12(18(23,24)25)11(5-9)16(33)34/h3-8H,1-2H3,(H,33,34). The lowest BCUT2D eigenvalue weighted by atomic mass is 10.0. The number of ether oxygens (including phenoxy) is 1. The highest BCUT2D eigenvalue weighted by Gasteiger charge is 2.62. The van der Waals surface area contributed by atoms with Crippen molar-refractivity contribution in [1.29, 1.82) is 0 Å². The van der Waals surface area contributed by atoms with Gasteiger partial charge >= 0.3 is 24.2 Å². The van der Waals surface area contributed by atoms with Gasteiger partial charge < -0.3 is 9.84 Å². The first kappa shape index (κ1) is 25.9. The molecule has 0 bridgehead atoms. The van der Waals surface area contributed by atoms with Gasteiger partial charge in [-0.25, -0.2) is 18.5 Å². The average molecular weight is 516 g/mol. The number of carboxylic acids is 1. The third-order valence-corrected chi connectivity index (χ3v) is 4.60. The number of carboxylic acid groups (broad SMARTS) is 1. The van der Waals surface area contributed by atoms with Crippen LogP contribution in [0.5, 0.6) is 5.75 Å². The van der Waals surface area contributed by atoms with E-state index in [2.05, 4.69) is 14.9 Å². The maximum absolute atomic E-state index is 14.0. The minimum absolute atomic E-state index is 0.0502. The van der Waals surface area contributed by atoms with Crippen molar-refractivity contribution in [2.24, 2.45) is 7.05 Å². The zero-order chi connectivity index (χ0) is 26.5. The molecule has 0 radical (unpaired) electrons. The molecule has 1 atom stereocenters.